The molecule has 3 aromatic carbocycles. The van der Waals surface area contributed by atoms with E-state index in [-0.39, 0.29) is 0 Å². The number of hydrogen-bond donors (Lipinski definition) is 0. The second-order valence-corrected chi connectivity index (χ2v) is 9.54. The molecular formula is C29H27N3OS. The summed E-state index contributed by atoms with van der Waals surface area (Å²) < 4.78 is 7.28. The third kappa shape index (κ3) is 4.15. The molecule has 0 unspecified atom stereocenters. The van der Waals surface area contributed by atoms with Crippen molar-refractivity contribution >= 4 is 11.3 Å². The van der Waals surface area contributed by atoms with Gasteiger partial charge in [0.05, 0.1) is 24.2 Å². The lowest BCUT2D eigenvalue weighted by Crippen LogP contribution is -2.00. The largest absolute Gasteiger partial charge is 0.497 e. The van der Waals surface area contributed by atoms with E-state index >= 15 is 0 Å². The molecule has 0 aliphatic heterocycles. The van der Waals surface area contributed by atoms with Crippen molar-refractivity contribution in [1.82, 2.24) is 14.8 Å². The molecule has 0 atom stereocenters. The fourth-order valence-corrected chi connectivity index (χ4v) is 5.10. The van der Waals surface area contributed by atoms with E-state index in [1.54, 1.807) is 18.4 Å². The maximum atomic E-state index is 5.29. The molecule has 34 heavy (non-hydrogen) atoms. The van der Waals surface area contributed by atoms with E-state index in [2.05, 4.69) is 75.5 Å². The number of aromatic nitrogens is 3. The SMILES string of the molecule is COc1ccc(-c2csc(-n3nc(-c4ccc(C)cc4C)cc3-c3ccc(C)cc3C)n2)cc1. The van der Waals surface area contributed by atoms with Crippen molar-refractivity contribution in [2.45, 2.75) is 27.7 Å². The van der Waals surface area contributed by atoms with Crippen LogP contribution in [0.15, 0.2) is 72.1 Å². The Balaban J connectivity index is 1.65. The molecule has 0 aliphatic carbocycles. The fraction of sp³-hybridized carbons (Fsp3) is 0.172. The minimum absolute atomic E-state index is 0.835. The van der Waals surface area contributed by atoms with Crippen LogP contribution in [0.5, 0.6) is 5.75 Å². The lowest BCUT2D eigenvalue weighted by atomic mass is 10.0. The highest BCUT2D eigenvalue weighted by Gasteiger charge is 2.18. The maximum Gasteiger partial charge on any atom is 0.211 e. The van der Waals surface area contributed by atoms with Crippen molar-refractivity contribution in [3.8, 4) is 44.7 Å². The molecular weight excluding hydrogens is 438 g/mol. The molecule has 4 nitrogen and oxygen atoms in total. The van der Waals surface area contributed by atoms with Crippen molar-refractivity contribution in [2.24, 2.45) is 0 Å². The minimum atomic E-state index is 0.835. The van der Waals surface area contributed by atoms with Gasteiger partial charge in [0.2, 0.25) is 5.13 Å². The molecule has 0 saturated heterocycles. The molecule has 0 N–H and O–H groups in total. The van der Waals surface area contributed by atoms with Gasteiger partial charge in [-0.25, -0.2) is 9.67 Å². The zero-order chi connectivity index (χ0) is 23.8. The van der Waals surface area contributed by atoms with Crippen LogP contribution in [0.2, 0.25) is 0 Å². The van der Waals surface area contributed by atoms with Crippen LogP contribution in [0.1, 0.15) is 22.3 Å². The van der Waals surface area contributed by atoms with Gasteiger partial charge in [0.15, 0.2) is 0 Å². The lowest BCUT2D eigenvalue weighted by Gasteiger charge is -2.08. The van der Waals surface area contributed by atoms with Gasteiger partial charge in [-0.3, -0.25) is 0 Å². The Morgan fingerprint density at radius 3 is 2.00 bits per heavy atom. The topological polar surface area (TPSA) is 39.9 Å². The summed E-state index contributed by atoms with van der Waals surface area (Å²) in [6, 6.07) is 23.2. The van der Waals surface area contributed by atoms with E-state index in [4.69, 9.17) is 14.8 Å². The van der Waals surface area contributed by atoms with E-state index in [0.717, 1.165) is 44.7 Å². The molecule has 0 bridgehead atoms. The Hall–Kier alpha value is -3.70. The van der Waals surface area contributed by atoms with Gasteiger partial charge in [-0.15, -0.1) is 11.3 Å². The maximum absolute atomic E-state index is 5.29. The molecule has 0 amide bonds. The summed E-state index contributed by atoms with van der Waals surface area (Å²) in [5.41, 5.74) is 11.2. The van der Waals surface area contributed by atoms with E-state index < -0.39 is 0 Å². The van der Waals surface area contributed by atoms with Gasteiger partial charge >= 0.3 is 0 Å². The molecule has 2 aromatic heterocycles. The third-order valence-electron chi connectivity index (χ3n) is 6.08. The van der Waals surface area contributed by atoms with E-state index in [1.165, 1.54) is 22.3 Å². The molecule has 0 saturated carbocycles. The zero-order valence-corrected chi connectivity index (χ0v) is 20.9. The molecule has 5 rings (SSSR count). The number of thiazole rings is 1. The first-order valence-electron chi connectivity index (χ1n) is 11.3. The van der Waals surface area contributed by atoms with Crippen LogP contribution in [0, 0.1) is 27.7 Å². The van der Waals surface area contributed by atoms with Gasteiger partial charge in [0, 0.05) is 22.1 Å². The summed E-state index contributed by atoms with van der Waals surface area (Å²) in [5.74, 6) is 0.835. The van der Waals surface area contributed by atoms with Crippen molar-refractivity contribution in [3.05, 3.63) is 94.4 Å². The molecule has 0 radical (unpaired) electrons. The summed E-state index contributed by atoms with van der Waals surface area (Å²) in [7, 11) is 1.68. The Morgan fingerprint density at radius 2 is 1.38 bits per heavy atom. The smallest absolute Gasteiger partial charge is 0.211 e. The Labute approximate surface area is 204 Å². The number of methoxy groups -OCH3 is 1. The Bertz CT molecular complexity index is 1480. The molecule has 0 spiro atoms. The number of hydrogen-bond acceptors (Lipinski definition) is 4. The number of aryl methyl sites for hydroxylation is 4. The van der Waals surface area contributed by atoms with E-state index in [0.29, 0.717) is 0 Å². The van der Waals surface area contributed by atoms with Gasteiger partial charge in [-0.2, -0.15) is 5.10 Å². The zero-order valence-electron chi connectivity index (χ0n) is 20.1. The highest BCUT2D eigenvalue weighted by molar-refractivity contribution is 7.12. The molecule has 5 aromatic rings. The van der Waals surface area contributed by atoms with Crippen LogP contribution in [-0.2, 0) is 0 Å². The van der Waals surface area contributed by atoms with Crippen LogP contribution >= 0.6 is 11.3 Å². The highest BCUT2D eigenvalue weighted by atomic mass is 32.1. The Kier molecular flexibility index (Phi) is 5.80. The standard InChI is InChI=1S/C29H27N3OS/c1-18-6-12-24(20(3)14-18)26-16-28(25-13-7-19(2)15-21(25)4)32(31-26)29-30-27(17-34-29)22-8-10-23(33-5)11-9-22/h6-17H,1-5H3. The van der Waals surface area contributed by atoms with Gasteiger partial charge in [0.1, 0.15) is 5.75 Å². The molecule has 170 valence electrons. The predicted molar refractivity (Wildman–Crippen MR) is 141 cm³/mol. The van der Waals surface area contributed by atoms with Crippen molar-refractivity contribution in [2.75, 3.05) is 7.11 Å². The first-order chi connectivity index (χ1) is 16.4. The van der Waals surface area contributed by atoms with Gasteiger partial charge in [0.25, 0.3) is 0 Å². The van der Waals surface area contributed by atoms with Crippen LogP contribution in [-0.4, -0.2) is 21.9 Å². The number of benzene rings is 3. The summed E-state index contributed by atoms with van der Waals surface area (Å²) in [6.45, 7) is 8.54. The van der Waals surface area contributed by atoms with Gasteiger partial charge in [-0.1, -0.05) is 47.5 Å². The average molecular weight is 466 g/mol. The van der Waals surface area contributed by atoms with Crippen LogP contribution in [0.4, 0.5) is 0 Å². The predicted octanol–water partition coefficient (Wildman–Crippen LogP) is 7.57. The van der Waals surface area contributed by atoms with Gasteiger partial charge in [-0.05, 0) is 69.2 Å². The molecule has 5 heteroatoms. The second kappa shape index (κ2) is 8.92. The number of ether oxygens (including phenoxy) is 1. The van der Waals surface area contributed by atoms with Crippen LogP contribution in [0.3, 0.4) is 0 Å². The number of rotatable bonds is 5. The van der Waals surface area contributed by atoms with Crippen molar-refractivity contribution < 1.29 is 4.74 Å². The fourth-order valence-electron chi connectivity index (χ4n) is 4.31. The van der Waals surface area contributed by atoms with E-state index in [1.807, 2.05) is 28.9 Å². The Morgan fingerprint density at radius 1 is 0.735 bits per heavy atom. The molecule has 0 aliphatic rings. The summed E-state index contributed by atoms with van der Waals surface area (Å²) in [4.78, 5) is 4.96. The first-order valence-corrected chi connectivity index (χ1v) is 12.2. The average Bonchev–Trinajstić information content (AvgIpc) is 3.47. The molecule has 2 heterocycles. The third-order valence-corrected chi connectivity index (χ3v) is 6.90. The monoisotopic (exact) mass is 465 g/mol. The molecule has 0 fully saturated rings. The normalized spacial score (nSPS) is 11.1. The van der Waals surface area contributed by atoms with Crippen molar-refractivity contribution in [3.63, 3.8) is 0 Å². The van der Waals surface area contributed by atoms with Gasteiger partial charge < -0.3 is 4.74 Å². The quantitative estimate of drug-likeness (QED) is 0.269. The van der Waals surface area contributed by atoms with E-state index in [9.17, 15) is 0 Å². The lowest BCUT2D eigenvalue weighted by molar-refractivity contribution is 0.415. The van der Waals surface area contributed by atoms with Crippen molar-refractivity contribution in [1.29, 1.82) is 0 Å². The summed E-state index contributed by atoms with van der Waals surface area (Å²) >= 11 is 1.60. The summed E-state index contributed by atoms with van der Waals surface area (Å²) in [6.07, 6.45) is 0. The summed E-state index contributed by atoms with van der Waals surface area (Å²) in [5, 5.41) is 7.99. The van der Waals surface area contributed by atoms with Crippen LogP contribution < -0.4 is 4.74 Å². The second-order valence-electron chi connectivity index (χ2n) is 8.71. The highest BCUT2D eigenvalue weighted by Crippen LogP contribution is 2.34. The first kappa shape index (κ1) is 22.1. The number of nitrogens with zero attached hydrogens (tertiary/aromatic N) is 3. The van der Waals surface area contributed by atoms with Crippen LogP contribution in [0.25, 0.3) is 38.9 Å². The minimum Gasteiger partial charge on any atom is -0.497 e.